The first-order valence-electron chi connectivity index (χ1n) is 16.0. The third kappa shape index (κ3) is 5.66. The van der Waals surface area contributed by atoms with Gasteiger partial charge < -0.3 is 10.2 Å². The van der Waals surface area contributed by atoms with Crippen molar-refractivity contribution >= 4 is 30.3 Å². The van der Waals surface area contributed by atoms with E-state index in [1.165, 1.54) is 39.9 Å². The molecule has 13 heteroatoms. The molecule has 0 bridgehead atoms. The summed E-state index contributed by atoms with van der Waals surface area (Å²) < 4.78 is 56.5. The van der Waals surface area contributed by atoms with Gasteiger partial charge in [0, 0.05) is 29.6 Å². The molecular weight excluding hydrogens is 640 g/mol. The van der Waals surface area contributed by atoms with Crippen LogP contribution in [0, 0.1) is 11.7 Å². The molecule has 1 aliphatic carbocycles. The second kappa shape index (κ2) is 12.3. The van der Waals surface area contributed by atoms with Gasteiger partial charge in [-0.3, -0.25) is 24.3 Å². The van der Waals surface area contributed by atoms with Gasteiger partial charge in [-0.05, 0) is 80.4 Å². The maximum Gasteiger partial charge on any atom is 0.416 e. The predicted molar refractivity (Wildman–Crippen MR) is 173 cm³/mol. The van der Waals surface area contributed by atoms with Gasteiger partial charge in [0.05, 0.1) is 23.8 Å². The zero-order chi connectivity index (χ0) is 34.6. The van der Waals surface area contributed by atoms with Crippen LogP contribution in [0.25, 0.3) is 5.69 Å². The van der Waals surface area contributed by atoms with Gasteiger partial charge in [0.1, 0.15) is 17.7 Å². The van der Waals surface area contributed by atoms with Crippen LogP contribution in [0.4, 0.5) is 23.4 Å². The van der Waals surface area contributed by atoms with Crippen LogP contribution in [0.1, 0.15) is 63.2 Å². The van der Waals surface area contributed by atoms with Gasteiger partial charge in [0.15, 0.2) is 5.69 Å². The highest BCUT2D eigenvalue weighted by molar-refractivity contribution is 6.07. The zero-order valence-corrected chi connectivity index (χ0v) is 26.4. The van der Waals surface area contributed by atoms with Crippen molar-refractivity contribution in [3.05, 3.63) is 113 Å². The molecule has 1 N–H and O–H groups in total. The smallest absolute Gasteiger partial charge is 0.339 e. The molecule has 252 valence electrons. The second-order valence-electron chi connectivity index (χ2n) is 12.5. The molecule has 49 heavy (non-hydrogen) atoms. The van der Waals surface area contributed by atoms with Crippen molar-refractivity contribution < 1.29 is 31.9 Å². The van der Waals surface area contributed by atoms with E-state index < -0.39 is 41.3 Å². The van der Waals surface area contributed by atoms with Gasteiger partial charge in [-0.15, -0.1) is 0 Å². The first kappa shape index (κ1) is 32.2. The largest absolute Gasteiger partial charge is 0.416 e. The van der Waals surface area contributed by atoms with Gasteiger partial charge in [-0.1, -0.05) is 36.4 Å². The Hall–Kier alpha value is -5.33. The van der Waals surface area contributed by atoms with Crippen molar-refractivity contribution in [3.63, 3.8) is 0 Å². The highest BCUT2D eigenvalue weighted by Crippen LogP contribution is 2.50. The fourth-order valence-electron chi connectivity index (χ4n) is 7.31. The summed E-state index contributed by atoms with van der Waals surface area (Å²) in [5.41, 5.74) is 0.0420. The number of fused-ring (bicyclic) bond motifs is 2. The molecule has 5 atom stereocenters. The fraction of sp³-hybridized carbons (Fsp3) is 0.306. The van der Waals surface area contributed by atoms with E-state index in [0.29, 0.717) is 41.2 Å². The number of piperidine rings is 1. The van der Waals surface area contributed by atoms with Gasteiger partial charge in [-0.2, -0.15) is 18.3 Å². The monoisotopic (exact) mass is 672 g/mol. The van der Waals surface area contributed by atoms with E-state index in [1.54, 1.807) is 36.1 Å². The molecule has 1 aromatic heterocycles. The lowest BCUT2D eigenvalue weighted by atomic mass is 9.80. The maximum atomic E-state index is 14.7. The van der Waals surface area contributed by atoms with E-state index in [0.717, 1.165) is 25.0 Å². The number of likely N-dealkylation sites (tertiary alicyclic amines) is 1. The molecule has 7 rings (SSSR count). The molecule has 2 fully saturated rings. The number of benzene rings is 3. The topological polar surface area (TPSA) is 99.9 Å². The van der Waals surface area contributed by atoms with Crippen molar-refractivity contribution in [1.82, 2.24) is 20.0 Å². The van der Waals surface area contributed by atoms with Crippen LogP contribution in [0.15, 0.2) is 83.9 Å². The average molecular weight is 673 g/mol. The summed E-state index contributed by atoms with van der Waals surface area (Å²) in [6.07, 6.45) is -3.08. The quantitative estimate of drug-likeness (QED) is 0.194. The molecule has 3 amide bonds. The fourth-order valence-corrected chi connectivity index (χ4v) is 7.31. The SMILES string of the molecule is C=NC[C@@H]1C[C@@H]2C[C@@H]2N1C(=O)c1nn(-c2ccccc2)c2c1[C@H](c1ccc(F)cc1)[C@H](NC(=O)c1cccc(C(F)(F)F)c1)C(=O)N2CC. The minimum absolute atomic E-state index is 0.00459. The van der Waals surface area contributed by atoms with Gasteiger partial charge in [0.25, 0.3) is 17.7 Å². The van der Waals surface area contributed by atoms with E-state index >= 15 is 0 Å². The molecule has 4 aromatic rings. The van der Waals surface area contributed by atoms with Crippen molar-refractivity contribution in [3.8, 4) is 5.69 Å². The lowest BCUT2D eigenvalue weighted by Crippen LogP contribution is -2.55. The van der Waals surface area contributed by atoms with Crippen LogP contribution in [0.2, 0.25) is 0 Å². The molecule has 9 nitrogen and oxygen atoms in total. The highest BCUT2D eigenvalue weighted by Gasteiger charge is 2.56. The van der Waals surface area contributed by atoms with Crippen LogP contribution in [0.3, 0.4) is 0 Å². The van der Waals surface area contributed by atoms with E-state index in [4.69, 9.17) is 5.10 Å². The zero-order valence-electron chi connectivity index (χ0n) is 26.4. The number of carbonyl (C=O) groups is 3. The van der Waals surface area contributed by atoms with Gasteiger partial charge in [-0.25, -0.2) is 9.07 Å². The Labute approximate surface area is 279 Å². The molecule has 0 spiro atoms. The third-order valence-electron chi connectivity index (χ3n) is 9.60. The first-order valence-corrected chi connectivity index (χ1v) is 16.0. The van der Waals surface area contributed by atoms with Crippen LogP contribution in [-0.4, -0.2) is 70.3 Å². The number of likely N-dealkylation sites (N-methyl/N-ethyl adjacent to an activating group) is 1. The van der Waals surface area contributed by atoms with Crippen LogP contribution in [-0.2, 0) is 11.0 Å². The summed E-state index contributed by atoms with van der Waals surface area (Å²) in [5, 5.41) is 7.55. The number of hydrogen-bond acceptors (Lipinski definition) is 5. The minimum Gasteiger partial charge on any atom is -0.339 e. The van der Waals surface area contributed by atoms with Crippen LogP contribution >= 0.6 is 0 Å². The first-order chi connectivity index (χ1) is 23.5. The number of nitrogens with one attached hydrogen (secondary N) is 1. The highest BCUT2D eigenvalue weighted by atomic mass is 19.4. The number of nitrogens with zero attached hydrogens (tertiary/aromatic N) is 5. The maximum absolute atomic E-state index is 14.7. The standard InChI is InChI=1S/C36H32F4N6O3/c1-3-44-33-29(31(43-46(33)25-10-5-4-6-11-25)35(49)45-26(19-41-2)17-22-18-27(22)45)28(20-12-14-24(37)15-13-20)30(34(44)48)42-32(47)21-8-7-9-23(16-21)36(38,39)40/h4-16,22,26-28,30H,2-3,17-19H2,1H3,(H,42,47)/t22-,26+,27+,28+,30+/m1/s1. The molecule has 1 saturated heterocycles. The second-order valence-corrected chi connectivity index (χ2v) is 12.5. The van der Waals surface area contributed by atoms with Gasteiger partial charge >= 0.3 is 6.18 Å². The Morgan fingerprint density at radius 2 is 1.76 bits per heavy atom. The molecule has 3 heterocycles. The van der Waals surface area contributed by atoms with Crippen molar-refractivity contribution in [2.45, 2.75) is 50.0 Å². The van der Waals surface area contributed by atoms with Crippen LogP contribution < -0.4 is 10.2 Å². The Kier molecular flexibility index (Phi) is 8.08. The number of aliphatic imine (C=N–C) groups is 1. The number of aromatic nitrogens is 2. The Balaban J connectivity index is 1.42. The number of halogens is 4. The average Bonchev–Trinajstić information content (AvgIpc) is 3.59. The minimum atomic E-state index is -4.70. The summed E-state index contributed by atoms with van der Waals surface area (Å²) in [7, 11) is 0. The Morgan fingerprint density at radius 3 is 2.43 bits per heavy atom. The third-order valence-corrected chi connectivity index (χ3v) is 9.60. The van der Waals surface area contributed by atoms with Crippen LogP contribution in [0.5, 0.6) is 0 Å². The van der Waals surface area contributed by atoms with Gasteiger partial charge in [0.2, 0.25) is 0 Å². The summed E-state index contributed by atoms with van der Waals surface area (Å²) in [4.78, 5) is 50.1. The molecule has 2 aliphatic heterocycles. The normalized spacial score (nSPS) is 22.8. The lowest BCUT2D eigenvalue weighted by molar-refractivity contribution is -0.137. The number of para-hydroxylation sites is 1. The number of amides is 3. The van der Waals surface area contributed by atoms with E-state index in [-0.39, 0.29) is 35.8 Å². The number of carbonyl (C=O) groups excluding carboxylic acids is 3. The molecule has 1 saturated carbocycles. The summed E-state index contributed by atoms with van der Waals surface area (Å²) in [6, 6.07) is 16.7. The number of hydrogen-bond donors (Lipinski definition) is 1. The number of anilines is 1. The van der Waals surface area contributed by atoms with Crippen molar-refractivity contribution in [1.29, 1.82) is 0 Å². The van der Waals surface area contributed by atoms with E-state index in [9.17, 15) is 31.9 Å². The number of alkyl halides is 3. The molecule has 3 aromatic carbocycles. The van der Waals surface area contributed by atoms with E-state index in [1.807, 2.05) is 6.07 Å². The molecular formula is C36H32F4N6O3. The van der Waals surface area contributed by atoms with E-state index in [2.05, 4.69) is 17.0 Å². The lowest BCUT2D eigenvalue weighted by Gasteiger charge is -2.38. The number of rotatable bonds is 8. The van der Waals surface area contributed by atoms with Crippen molar-refractivity contribution in [2.75, 3.05) is 18.0 Å². The summed E-state index contributed by atoms with van der Waals surface area (Å²) in [5.74, 6) is -2.82. The van der Waals surface area contributed by atoms with Crippen molar-refractivity contribution in [2.24, 2.45) is 10.9 Å². The molecule has 0 radical (unpaired) electrons. The molecule has 0 unspecified atom stereocenters. The Morgan fingerprint density at radius 1 is 1.02 bits per heavy atom. The Bertz CT molecular complexity index is 1940. The predicted octanol–water partition coefficient (Wildman–Crippen LogP) is 5.63. The molecule has 3 aliphatic rings. The summed E-state index contributed by atoms with van der Waals surface area (Å²) in [6.45, 7) is 5.82. The summed E-state index contributed by atoms with van der Waals surface area (Å²) >= 11 is 0.